The van der Waals surface area contributed by atoms with Gasteiger partial charge in [-0.3, -0.25) is 9.69 Å². The van der Waals surface area contributed by atoms with Crippen molar-refractivity contribution >= 4 is 5.97 Å². The number of carbonyl (C=O) groups is 1. The molecule has 0 N–H and O–H groups in total. The molecule has 0 aliphatic carbocycles. The number of hydrogen-bond acceptors (Lipinski definition) is 4. The Morgan fingerprint density at radius 3 is 2.75 bits per heavy atom. The van der Waals surface area contributed by atoms with E-state index < -0.39 is 0 Å². The summed E-state index contributed by atoms with van der Waals surface area (Å²) >= 11 is 0. The highest BCUT2D eigenvalue weighted by Crippen LogP contribution is 1.95. The minimum Gasteiger partial charge on any atom is -0.469 e. The summed E-state index contributed by atoms with van der Waals surface area (Å²) in [5.74, 6) is -0.244. The van der Waals surface area contributed by atoms with Crippen molar-refractivity contribution in [1.29, 1.82) is 5.26 Å². The SMILES string of the molecule is COC(=O)CCN(C)C(C)C#N. The highest BCUT2D eigenvalue weighted by molar-refractivity contribution is 5.69. The Labute approximate surface area is 72.7 Å². The van der Waals surface area contributed by atoms with Crippen LogP contribution < -0.4 is 0 Å². The molecule has 12 heavy (non-hydrogen) atoms. The van der Waals surface area contributed by atoms with E-state index in [0.29, 0.717) is 13.0 Å². The summed E-state index contributed by atoms with van der Waals surface area (Å²) in [4.78, 5) is 12.5. The first-order valence-corrected chi connectivity index (χ1v) is 3.78. The number of hydrogen-bond donors (Lipinski definition) is 0. The van der Waals surface area contributed by atoms with Gasteiger partial charge in [-0.1, -0.05) is 0 Å². The molecule has 0 aliphatic rings. The summed E-state index contributed by atoms with van der Waals surface area (Å²) in [5.41, 5.74) is 0. The summed E-state index contributed by atoms with van der Waals surface area (Å²) < 4.78 is 4.47. The second-order valence-electron chi connectivity index (χ2n) is 2.61. The number of ether oxygens (including phenoxy) is 1. The molecule has 0 fully saturated rings. The number of methoxy groups -OCH3 is 1. The van der Waals surface area contributed by atoms with Crippen molar-refractivity contribution < 1.29 is 9.53 Å². The van der Waals surface area contributed by atoms with E-state index in [-0.39, 0.29) is 12.0 Å². The van der Waals surface area contributed by atoms with Crippen molar-refractivity contribution in [2.45, 2.75) is 19.4 Å². The van der Waals surface area contributed by atoms with E-state index in [9.17, 15) is 4.79 Å². The van der Waals surface area contributed by atoms with Gasteiger partial charge < -0.3 is 4.74 Å². The molecule has 68 valence electrons. The van der Waals surface area contributed by atoms with Crippen LogP contribution in [0.2, 0.25) is 0 Å². The summed E-state index contributed by atoms with van der Waals surface area (Å²) in [7, 11) is 3.16. The van der Waals surface area contributed by atoms with Gasteiger partial charge in [0.05, 0.1) is 25.6 Å². The maximum atomic E-state index is 10.7. The van der Waals surface area contributed by atoms with E-state index in [0.717, 1.165) is 0 Å². The van der Waals surface area contributed by atoms with Gasteiger partial charge in [-0.05, 0) is 14.0 Å². The van der Waals surface area contributed by atoms with Crippen LogP contribution in [0.4, 0.5) is 0 Å². The van der Waals surface area contributed by atoms with Crippen LogP contribution in [0.3, 0.4) is 0 Å². The Bertz CT molecular complexity index is 186. The molecule has 1 unspecified atom stereocenters. The molecule has 0 aromatic heterocycles. The number of nitrogens with zero attached hydrogens (tertiary/aromatic N) is 2. The van der Waals surface area contributed by atoms with E-state index in [1.165, 1.54) is 7.11 Å². The molecule has 0 radical (unpaired) electrons. The average molecular weight is 170 g/mol. The monoisotopic (exact) mass is 170 g/mol. The van der Waals surface area contributed by atoms with Gasteiger partial charge in [-0.2, -0.15) is 5.26 Å². The van der Waals surface area contributed by atoms with Crippen LogP contribution in [-0.2, 0) is 9.53 Å². The Kier molecular flexibility index (Phi) is 5.06. The maximum Gasteiger partial charge on any atom is 0.306 e. The van der Waals surface area contributed by atoms with E-state index >= 15 is 0 Å². The fraction of sp³-hybridized carbons (Fsp3) is 0.750. The highest BCUT2D eigenvalue weighted by Gasteiger charge is 2.09. The number of nitriles is 1. The fourth-order valence-corrected chi connectivity index (χ4v) is 0.662. The van der Waals surface area contributed by atoms with Gasteiger partial charge in [0.2, 0.25) is 0 Å². The molecule has 0 aromatic carbocycles. The largest absolute Gasteiger partial charge is 0.469 e. The van der Waals surface area contributed by atoms with Crippen LogP contribution in [0.25, 0.3) is 0 Å². The predicted octanol–water partition coefficient (Wildman–Crippen LogP) is 0.393. The van der Waals surface area contributed by atoms with Gasteiger partial charge in [0.25, 0.3) is 0 Å². The molecular weight excluding hydrogens is 156 g/mol. The van der Waals surface area contributed by atoms with Crippen molar-refractivity contribution in [3.05, 3.63) is 0 Å². The van der Waals surface area contributed by atoms with Gasteiger partial charge in [0.15, 0.2) is 0 Å². The molecule has 0 rings (SSSR count). The van der Waals surface area contributed by atoms with Gasteiger partial charge in [0, 0.05) is 6.54 Å². The molecule has 0 aliphatic heterocycles. The zero-order chi connectivity index (χ0) is 9.56. The van der Waals surface area contributed by atoms with Gasteiger partial charge in [0.1, 0.15) is 0 Å². The summed E-state index contributed by atoms with van der Waals surface area (Å²) in [6, 6.07) is 1.92. The quantitative estimate of drug-likeness (QED) is 0.573. The lowest BCUT2D eigenvalue weighted by Gasteiger charge is -2.17. The molecule has 4 nitrogen and oxygen atoms in total. The van der Waals surface area contributed by atoms with Gasteiger partial charge in [-0.25, -0.2) is 0 Å². The molecule has 4 heteroatoms. The lowest BCUT2D eigenvalue weighted by atomic mass is 10.3. The number of rotatable bonds is 4. The van der Waals surface area contributed by atoms with Crippen molar-refractivity contribution in [1.82, 2.24) is 4.90 Å². The van der Waals surface area contributed by atoms with Crippen LogP contribution in [0.5, 0.6) is 0 Å². The molecule has 0 amide bonds. The third-order valence-electron chi connectivity index (χ3n) is 1.74. The van der Waals surface area contributed by atoms with Crippen LogP contribution in [0.15, 0.2) is 0 Å². The molecule has 0 saturated heterocycles. The van der Waals surface area contributed by atoms with Crippen LogP contribution >= 0.6 is 0 Å². The molecule has 0 heterocycles. The van der Waals surface area contributed by atoms with Crippen LogP contribution in [0.1, 0.15) is 13.3 Å². The van der Waals surface area contributed by atoms with Crippen LogP contribution in [0, 0.1) is 11.3 Å². The second kappa shape index (κ2) is 5.56. The zero-order valence-corrected chi connectivity index (χ0v) is 7.70. The van der Waals surface area contributed by atoms with E-state index in [2.05, 4.69) is 10.8 Å². The van der Waals surface area contributed by atoms with Crippen molar-refractivity contribution in [2.75, 3.05) is 20.7 Å². The smallest absolute Gasteiger partial charge is 0.306 e. The number of esters is 1. The standard InChI is InChI=1S/C8H14N2O2/c1-7(6-9)10(2)5-4-8(11)12-3/h7H,4-5H2,1-3H3. The lowest BCUT2D eigenvalue weighted by Crippen LogP contribution is -2.30. The summed E-state index contributed by atoms with van der Waals surface area (Å²) in [6.45, 7) is 2.35. The summed E-state index contributed by atoms with van der Waals surface area (Å²) in [5, 5.41) is 8.52. The van der Waals surface area contributed by atoms with Crippen molar-refractivity contribution in [3.63, 3.8) is 0 Å². The van der Waals surface area contributed by atoms with Crippen molar-refractivity contribution in [2.24, 2.45) is 0 Å². The highest BCUT2D eigenvalue weighted by atomic mass is 16.5. The predicted molar refractivity (Wildman–Crippen MR) is 44.3 cm³/mol. The van der Waals surface area contributed by atoms with Gasteiger partial charge >= 0.3 is 5.97 Å². The Hall–Kier alpha value is -1.08. The summed E-state index contributed by atoms with van der Waals surface area (Å²) in [6.07, 6.45) is 0.332. The third-order valence-corrected chi connectivity index (χ3v) is 1.74. The third kappa shape index (κ3) is 3.94. The maximum absolute atomic E-state index is 10.7. The minimum atomic E-state index is -0.244. The Morgan fingerprint density at radius 1 is 1.75 bits per heavy atom. The van der Waals surface area contributed by atoms with E-state index in [1.54, 1.807) is 18.9 Å². The Balaban J connectivity index is 3.65. The molecule has 0 saturated carbocycles. The molecular formula is C8H14N2O2. The van der Waals surface area contributed by atoms with E-state index in [4.69, 9.17) is 5.26 Å². The zero-order valence-electron chi connectivity index (χ0n) is 7.70. The molecule has 0 bridgehead atoms. The van der Waals surface area contributed by atoms with Crippen LogP contribution in [-0.4, -0.2) is 37.6 Å². The lowest BCUT2D eigenvalue weighted by molar-refractivity contribution is -0.140. The Morgan fingerprint density at radius 2 is 2.33 bits per heavy atom. The fourth-order valence-electron chi connectivity index (χ4n) is 0.662. The average Bonchev–Trinajstić information content (AvgIpc) is 2.11. The van der Waals surface area contributed by atoms with E-state index in [1.807, 2.05) is 0 Å². The number of carbonyl (C=O) groups excluding carboxylic acids is 1. The topological polar surface area (TPSA) is 53.3 Å². The second-order valence-corrected chi connectivity index (χ2v) is 2.61. The van der Waals surface area contributed by atoms with Gasteiger partial charge in [-0.15, -0.1) is 0 Å². The first kappa shape index (κ1) is 10.9. The first-order chi connectivity index (χ1) is 5.61. The normalized spacial score (nSPS) is 12.2. The first-order valence-electron chi connectivity index (χ1n) is 3.78. The van der Waals surface area contributed by atoms with Crippen molar-refractivity contribution in [3.8, 4) is 6.07 Å². The molecule has 1 atom stereocenters. The molecule has 0 spiro atoms. The minimum absolute atomic E-state index is 0.158. The molecule has 0 aromatic rings.